The Hall–Kier alpha value is -1.49. The van der Waals surface area contributed by atoms with E-state index in [0.29, 0.717) is 25.1 Å². The van der Waals surface area contributed by atoms with Gasteiger partial charge in [-0.3, -0.25) is 4.79 Å². The van der Waals surface area contributed by atoms with Crippen LogP contribution in [0.15, 0.2) is 18.2 Å². The largest absolute Gasteiger partial charge is 0.353 e. The molecule has 0 bridgehead atoms. The lowest BCUT2D eigenvalue weighted by molar-refractivity contribution is -0.124. The highest BCUT2D eigenvalue weighted by molar-refractivity contribution is 5.82. The predicted octanol–water partition coefficient (Wildman–Crippen LogP) is 0.595. The van der Waals surface area contributed by atoms with Crippen LogP contribution in [0.25, 0.3) is 0 Å². The third kappa shape index (κ3) is 2.36. The van der Waals surface area contributed by atoms with E-state index in [4.69, 9.17) is 0 Å². The van der Waals surface area contributed by atoms with Gasteiger partial charge in [0.1, 0.15) is 0 Å². The molecule has 1 aromatic rings. The number of hydrogen-bond acceptors (Lipinski definition) is 2. The Balaban J connectivity index is 2.08. The van der Waals surface area contributed by atoms with Crippen molar-refractivity contribution in [2.24, 2.45) is 0 Å². The molecule has 1 heterocycles. The van der Waals surface area contributed by atoms with Crippen molar-refractivity contribution in [1.82, 2.24) is 10.6 Å². The Bertz CT molecular complexity index is 409. The van der Waals surface area contributed by atoms with Crippen molar-refractivity contribution in [2.75, 3.05) is 13.1 Å². The minimum atomic E-state index is -0.881. The molecule has 1 fully saturated rings. The van der Waals surface area contributed by atoms with Crippen LogP contribution < -0.4 is 10.6 Å². The number of hydrogen-bond donors (Lipinski definition) is 2. The van der Waals surface area contributed by atoms with Crippen LogP contribution in [0.2, 0.25) is 0 Å². The average Bonchev–Trinajstić information content (AvgIpc) is 2.27. The van der Waals surface area contributed by atoms with E-state index in [9.17, 15) is 13.6 Å². The van der Waals surface area contributed by atoms with Crippen LogP contribution in [0.3, 0.4) is 0 Å². The molecule has 1 saturated heterocycles. The number of benzene rings is 1. The van der Waals surface area contributed by atoms with Crippen LogP contribution in [0, 0.1) is 11.6 Å². The van der Waals surface area contributed by atoms with E-state index in [1.807, 2.05) is 0 Å². The van der Waals surface area contributed by atoms with Crippen molar-refractivity contribution < 1.29 is 13.6 Å². The SMILES string of the molecule is O=C1NCCN[C@@H]1Cc1ccc(F)c(F)c1. The maximum atomic E-state index is 12.9. The Labute approximate surface area is 91.8 Å². The molecule has 3 nitrogen and oxygen atoms in total. The number of nitrogens with one attached hydrogen (secondary N) is 2. The maximum Gasteiger partial charge on any atom is 0.237 e. The molecule has 1 aliphatic rings. The van der Waals surface area contributed by atoms with E-state index >= 15 is 0 Å². The van der Waals surface area contributed by atoms with Gasteiger partial charge in [-0.1, -0.05) is 6.07 Å². The molecule has 0 spiro atoms. The summed E-state index contributed by atoms with van der Waals surface area (Å²) in [6.45, 7) is 1.30. The van der Waals surface area contributed by atoms with Crippen LogP contribution in [0.4, 0.5) is 8.78 Å². The predicted molar refractivity (Wildman–Crippen MR) is 54.9 cm³/mol. The van der Waals surface area contributed by atoms with Crippen molar-refractivity contribution >= 4 is 5.91 Å². The molecule has 0 aliphatic carbocycles. The second-order valence-corrected chi connectivity index (χ2v) is 3.75. The van der Waals surface area contributed by atoms with E-state index in [2.05, 4.69) is 10.6 Å². The van der Waals surface area contributed by atoms with Crippen LogP contribution in [-0.4, -0.2) is 25.0 Å². The van der Waals surface area contributed by atoms with E-state index in [1.165, 1.54) is 6.07 Å². The summed E-state index contributed by atoms with van der Waals surface area (Å²) in [6, 6.07) is 3.32. The van der Waals surface area contributed by atoms with Gasteiger partial charge < -0.3 is 10.6 Å². The summed E-state index contributed by atoms with van der Waals surface area (Å²) >= 11 is 0. The lowest BCUT2D eigenvalue weighted by Crippen LogP contribution is -2.53. The molecule has 0 aromatic heterocycles. The summed E-state index contributed by atoms with van der Waals surface area (Å²) < 4.78 is 25.6. The van der Waals surface area contributed by atoms with Crippen molar-refractivity contribution in [3.8, 4) is 0 Å². The quantitative estimate of drug-likeness (QED) is 0.775. The molecule has 16 heavy (non-hydrogen) atoms. The number of piperazine rings is 1. The van der Waals surface area contributed by atoms with Crippen molar-refractivity contribution in [1.29, 1.82) is 0 Å². The van der Waals surface area contributed by atoms with E-state index < -0.39 is 11.6 Å². The van der Waals surface area contributed by atoms with Crippen LogP contribution in [-0.2, 0) is 11.2 Å². The first-order chi connectivity index (χ1) is 7.66. The Morgan fingerprint density at radius 3 is 2.75 bits per heavy atom. The lowest BCUT2D eigenvalue weighted by atomic mass is 10.0. The molecule has 1 atom stereocenters. The molecule has 0 unspecified atom stereocenters. The van der Waals surface area contributed by atoms with Gasteiger partial charge in [-0.15, -0.1) is 0 Å². The highest BCUT2D eigenvalue weighted by atomic mass is 19.2. The Kier molecular flexibility index (Phi) is 3.14. The molecule has 1 aliphatic heterocycles. The summed E-state index contributed by atoms with van der Waals surface area (Å²) in [7, 11) is 0. The van der Waals surface area contributed by atoms with Crippen molar-refractivity contribution in [3.05, 3.63) is 35.4 Å². The molecule has 0 saturated carbocycles. The van der Waals surface area contributed by atoms with Gasteiger partial charge >= 0.3 is 0 Å². The minimum absolute atomic E-state index is 0.101. The van der Waals surface area contributed by atoms with E-state index in [1.54, 1.807) is 0 Å². The summed E-state index contributed by atoms with van der Waals surface area (Å²) in [4.78, 5) is 11.4. The van der Waals surface area contributed by atoms with Gasteiger partial charge in [-0.25, -0.2) is 8.78 Å². The molecule has 1 aromatic carbocycles. The molecule has 0 radical (unpaired) electrons. The molecule has 2 N–H and O–H groups in total. The average molecular weight is 226 g/mol. The fourth-order valence-corrected chi connectivity index (χ4v) is 1.72. The second-order valence-electron chi connectivity index (χ2n) is 3.75. The summed E-state index contributed by atoms with van der Waals surface area (Å²) in [5, 5.41) is 5.73. The first-order valence-electron chi connectivity index (χ1n) is 5.12. The van der Waals surface area contributed by atoms with Gasteiger partial charge in [0.25, 0.3) is 0 Å². The zero-order chi connectivity index (χ0) is 11.5. The van der Waals surface area contributed by atoms with Gasteiger partial charge in [0.15, 0.2) is 11.6 Å². The summed E-state index contributed by atoms with van der Waals surface area (Å²) in [5.41, 5.74) is 0.605. The summed E-state index contributed by atoms with van der Waals surface area (Å²) in [6.07, 6.45) is 0.364. The van der Waals surface area contributed by atoms with Crippen LogP contribution >= 0.6 is 0 Å². The standard InChI is InChI=1S/C11H12F2N2O/c12-8-2-1-7(5-9(8)13)6-10-11(16)15-4-3-14-10/h1-2,5,10,14H,3-4,6H2,(H,15,16)/t10-/m1/s1. The highest BCUT2D eigenvalue weighted by Gasteiger charge is 2.21. The molecule has 2 rings (SSSR count). The third-order valence-corrected chi connectivity index (χ3v) is 2.56. The number of carbonyl (C=O) groups is 1. The highest BCUT2D eigenvalue weighted by Crippen LogP contribution is 2.11. The zero-order valence-corrected chi connectivity index (χ0v) is 8.59. The Morgan fingerprint density at radius 1 is 1.25 bits per heavy atom. The lowest BCUT2D eigenvalue weighted by Gasteiger charge is -2.23. The smallest absolute Gasteiger partial charge is 0.237 e. The van der Waals surface area contributed by atoms with Crippen LogP contribution in [0.1, 0.15) is 5.56 Å². The number of halogens is 2. The van der Waals surface area contributed by atoms with Crippen molar-refractivity contribution in [3.63, 3.8) is 0 Å². The first-order valence-corrected chi connectivity index (χ1v) is 5.12. The number of amides is 1. The van der Waals surface area contributed by atoms with Gasteiger partial charge in [0, 0.05) is 13.1 Å². The van der Waals surface area contributed by atoms with Gasteiger partial charge in [0.2, 0.25) is 5.91 Å². The fraction of sp³-hybridized carbons (Fsp3) is 0.364. The zero-order valence-electron chi connectivity index (χ0n) is 8.59. The molecular formula is C11H12F2N2O. The normalized spacial score (nSPS) is 20.6. The monoisotopic (exact) mass is 226 g/mol. The van der Waals surface area contributed by atoms with Gasteiger partial charge in [-0.05, 0) is 24.1 Å². The third-order valence-electron chi connectivity index (χ3n) is 2.56. The van der Waals surface area contributed by atoms with E-state index in [0.717, 1.165) is 12.1 Å². The topological polar surface area (TPSA) is 41.1 Å². The minimum Gasteiger partial charge on any atom is -0.353 e. The van der Waals surface area contributed by atoms with Crippen LogP contribution in [0.5, 0.6) is 0 Å². The van der Waals surface area contributed by atoms with Gasteiger partial charge in [-0.2, -0.15) is 0 Å². The maximum absolute atomic E-state index is 12.9. The molecular weight excluding hydrogens is 214 g/mol. The Morgan fingerprint density at radius 2 is 2.06 bits per heavy atom. The molecule has 5 heteroatoms. The summed E-state index contributed by atoms with van der Waals surface area (Å²) in [5.74, 6) is -1.85. The number of carbonyl (C=O) groups excluding carboxylic acids is 1. The number of rotatable bonds is 2. The van der Waals surface area contributed by atoms with E-state index in [-0.39, 0.29) is 11.9 Å². The van der Waals surface area contributed by atoms with Gasteiger partial charge in [0.05, 0.1) is 6.04 Å². The molecule has 1 amide bonds. The van der Waals surface area contributed by atoms with Crippen molar-refractivity contribution in [2.45, 2.75) is 12.5 Å². The molecule has 86 valence electrons. The second kappa shape index (κ2) is 4.57. The fourth-order valence-electron chi connectivity index (χ4n) is 1.72. The first kappa shape index (κ1) is 11.0.